The second-order valence-corrected chi connectivity index (χ2v) is 3.35. The van der Waals surface area contributed by atoms with Crippen LogP contribution in [0, 0.1) is 10.1 Å². The van der Waals surface area contributed by atoms with Gasteiger partial charge >= 0.3 is 0 Å². The van der Waals surface area contributed by atoms with Crippen molar-refractivity contribution in [1.29, 1.82) is 0 Å². The van der Waals surface area contributed by atoms with Gasteiger partial charge in [0.2, 0.25) is 0 Å². The van der Waals surface area contributed by atoms with E-state index in [1.807, 2.05) is 0 Å². The second kappa shape index (κ2) is 5.43. The molecule has 0 aliphatic rings. The van der Waals surface area contributed by atoms with E-state index in [1.165, 1.54) is 12.1 Å². The van der Waals surface area contributed by atoms with Crippen molar-refractivity contribution in [2.24, 2.45) is 5.73 Å². The van der Waals surface area contributed by atoms with Crippen LogP contribution < -0.4 is 5.73 Å². The molecule has 0 aliphatic carbocycles. The smallest absolute Gasteiger partial charge is 0.269 e. The van der Waals surface area contributed by atoms with Gasteiger partial charge in [0.05, 0.1) is 11.0 Å². The van der Waals surface area contributed by atoms with Crippen molar-refractivity contribution in [1.82, 2.24) is 0 Å². The second-order valence-electron chi connectivity index (χ2n) is 3.35. The van der Waals surface area contributed by atoms with E-state index in [4.69, 9.17) is 5.73 Å². The Labute approximate surface area is 87.7 Å². The number of nitro groups is 1. The summed E-state index contributed by atoms with van der Waals surface area (Å²) in [6.07, 6.45) is 0.755. The quantitative estimate of drug-likeness (QED) is 0.556. The van der Waals surface area contributed by atoms with Crippen LogP contribution in [0.5, 0.6) is 0 Å². The van der Waals surface area contributed by atoms with Gasteiger partial charge in [0.1, 0.15) is 0 Å². The number of nitro benzene ring substituents is 1. The molecule has 15 heavy (non-hydrogen) atoms. The fraction of sp³-hybridized carbons (Fsp3) is 0.400. The zero-order valence-corrected chi connectivity index (χ0v) is 8.30. The molecule has 82 valence electrons. The highest BCUT2D eigenvalue weighted by Gasteiger charge is 2.05. The van der Waals surface area contributed by atoms with E-state index in [1.54, 1.807) is 12.1 Å². The lowest BCUT2D eigenvalue weighted by Crippen LogP contribution is -2.20. The van der Waals surface area contributed by atoms with Gasteiger partial charge in [-0.3, -0.25) is 10.1 Å². The molecular formula is C10H14N2O3. The molecule has 3 N–H and O–H groups in total. The van der Waals surface area contributed by atoms with Gasteiger partial charge in [0.15, 0.2) is 0 Å². The van der Waals surface area contributed by atoms with E-state index in [0.717, 1.165) is 5.56 Å². The molecule has 1 rings (SSSR count). The van der Waals surface area contributed by atoms with Crippen LogP contribution >= 0.6 is 0 Å². The van der Waals surface area contributed by atoms with Gasteiger partial charge in [-0.25, -0.2) is 0 Å². The van der Waals surface area contributed by atoms with Gasteiger partial charge < -0.3 is 10.8 Å². The summed E-state index contributed by atoms with van der Waals surface area (Å²) >= 11 is 0. The van der Waals surface area contributed by atoms with Crippen molar-refractivity contribution in [3.8, 4) is 0 Å². The van der Waals surface area contributed by atoms with Crippen molar-refractivity contribution in [3.63, 3.8) is 0 Å². The minimum Gasteiger partial charge on any atom is -0.392 e. The molecule has 0 amide bonds. The summed E-state index contributed by atoms with van der Waals surface area (Å²) in [6.45, 7) is 0.243. The normalized spacial score (nSPS) is 12.4. The van der Waals surface area contributed by atoms with Gasteiger partial charge in [0.25, 0.3) is 5.69 Å². The molecule has 1 unspecified atom stereocenters. The Hall–Kier alpha value is -1.46. The largest absolute Gasteiger partial charge is 0.392 e. The number of rotatable bonds is 5. The molecule has 0 radical (unpaired) electrons. The average Bonchev–Trinajstić information content (AvgIpc) is 2.26. The molecule has 5 heteroatoms. The Bertz CT molecular complexity index is 324. The molecule has 0 fully saturated rings. The minimum absolute atomic E-state index is 0.0816. The average molecular weight is 210 g/mol. The maximum absolute atomic E-state index is 10.4. The van der Waals surface area contributed by atoms with Crippen molar-refractivity contribution in [2.75, 3.05) is 6.54 Å². The standard InChI is InChI=1S/C10H14N2O3/c11-7-10(13)6-3-8-1-4-9(5-2-8)12(14)15/h1-2,4-5,10,13H,3,6-7,11H2. The monoisotopic (exact) mass is 210 g/mol. The van der Waals surface area contributed by atoms with Crippen LogP contribution in [-0.2, 0) is 6.42 Å². The molecular weight excluding hydrogens is 196 g/mol. The lowest BCUT2D eigenvalue weighted by Gasteiger charge is -2.06. The number of aliphatic hydroxyl groups is 1. The third-order valence-electron chi connectivity index (χ3n) is 2.19. The van der Waals surface area contributed by atoms with Gasteiger partial charge in [-0.1, -0.05) is 12.1 Å². The lowest BCUT2D eigenvalue weighted by molar-refractivity contribution is -0.384. The number of non-ortho nitro benzene ring substituents is 1. The summed E-state index contributed by atoms with van der Waals surface area (Å²) in [6, 6.07) is 6.32. The predicted molar refractivity (Wildman–Crippen MR) is 56.5 cm³/mol. The first-order valence-electron chi connectivity index (χ1n) is 4.75. The number of aliphatic hydroxyl groups excluding tert-OH is 1. The molecule has 0 saturated carbocycles. The number of nitrogens with zero attached hydrogens (tertiary/aromatic N) is 1. The highest BCUT2D eigenvalue weighted by atomic mass is 16.6. The summed E-state index contributed by atoms with van der Waals surface area (Å²) in [5.74, 6) is 0. The maximum atomic E-state index is 10.4. The van der Waals surface area contributed by atoms with Gasteiger partial charge in [0, 0.05) is 18.7 Å². The molecule has 0 heterocycles. The Kier molecular flexibility index (Phi) is 4.20. The Morgan fingerprint density at radius 2 is 2.00 bits per heavy atom. The van der Waals surface area contributed by atoms with Crippen LogP contribution in [0.1, 0.15) is 12.0 Å². The molecule has 1 aromatic rings. The number of hydrogen-bond acceptors (Lipinski definition) is 4. The number of aryl methyl sites for hydroxylation is 1. The molecule has 0 spiro atoms. The third-order valence-corrected chi connectivity index (χ3v) is 2.19. The fourth-order valence-corrected chi connectivity index (χ4v) is 1.24. The molecule has 0 aromatic heterocycles. The summed E-state index contributed by atoms with van der Waals surface area (Å²) in [4.78, 5) is 9.94. The summed E-state index contributed by atoms with van der Waals surface area (Å²) in [7, 11) is 0. The van der Waals surface area contributed by atoms with E-state index in [2.05, 4.69) is 0 Å². The molecule has 1 atom stereocenters. The van der Waals surface area contributed by atoms with Gasteiger partial charge in [-0.05, 0) is 18.4 Å². The lowest BCUT2D eigenvalue weighted by atomic mass is 10.1. The van der Waals surface area contributed by atoms with E-state index < -0.39 is 11.0 Å². The Morgan fingerprint density at radius 1 is 1.40 bits per heavy atom. The van der Waals surface area contributed by atoms with E-state index in [9.17, 15) is 15.2 Å². The highest BCUT2D eigenvalue weighted by molar-refractivity contribution is 5.32. The van der Waals surface area contributed by atoms with Crippen molar-refractivity contribution >= 4 is 5.69 Å². The Morgan fingerprint density at radius 3 is 2.47 bits per heavy atom. The van der Waals surface area contributed by atoms with Crippen LogP contribution in [0.25, 0.3) is 0 Å². The fourth-order valence-electron chi connectivity index (χ4n) is 1.24. The topological polar surface area (TPSA) is 89.4 Å². The zero-order chi connectivity index (χ0) is 11.3. The maximum Gasteiger partial charge on any atom is 0.269 e. The predicted octanol–water partition coefficient (Wildman–Crippen LogP) is 0.847. The zero-order valence-electron chi connectivity index (χ0n) is 8.30. The molecule has 0 bridgehead atoms. The van der Waals surface area contributed by atoms with Crippen molar-refractivity contribution in [2.45, 2.75) is 18.9 Å². The number of benzene rings is 1. The first kappa shape index (κ1) is 11.6. The summed E-state index contributed by atoms with van der Waals surface area (Å²) in [5, 5.41) is 19.6. The van der Waals surface area contributed by atoms with Crippen molar-refractivity contribution in [3.05, 3.63) is 39.9 Å². The van der Waals surface area contributed by atoms with Crippen LogP contribution in [0.2, 0.25) is 0 Å². The molecule has 0 aliphatic heterocycles. The van der Waals surface area contributed by atoms with Crippen molar-refractivity contribution < 1.29 is 10.0 Å². The summed E-state index contributed by atoms with van der Waals surface area (Å²) < 4.78 is 0. The molecule has 1 aromatic carbocycles. The van der Waals surface area contributed by atoms with E-state index in [0.29, 0.717) is 12.8 Å². The molecule has 5 nitrogen and oxygen atoms in total. The first-order valence-corrected chi connectivity index (χ1v) is 4.75. The number of nitrogens with two attached hydrogens (primary N) is 1. The van der Waals surface area contributed by atoms with Gasteiger partial charge in [-0.2, -0.15) is 0 Å². The number of hydrogen-bond donors (Lipinski definition) is 2. The van der Waals surface area contributed by atoms with E-state index >= 15 is 0 Å². The van der Waals surface area contributed by atoms with Crippen LogP contribution in [0.15, 0.2) is 24.3 Å². The molecule has 0 saturated heterocycles. The Balaban J connectivity index is 2.53. The third kappa shape index (κ3) is 3.65. The highest BCUT2D eigenvalue weighted by Crippen LogP contribution is 2.13. The SMILES string of the molecule is NCC(O)CCc1ccc([N+](=O)[O-])cc1. The van der Waals surface area contributed by atoms with Crippen LogP contribution in [-0.4, -0.2) is 22.7 Å². The van der Waals surface area contributed by atoms with Gasteiger partial charge in [-0.15, -0.1) is 0 Å². The first-order chi connectivity index (χ1) is 7.13. The van der Waals surface area contributed by atoms with Crippen LogP contribution in [0.4, 0.5) is 5.69 Å². The van der Waals surface area contributed by atoms with E-state index in [-0.39, 0.29) is 12.2 Å². The summed E-state index contributed by atoms with van der Waals surface area (Å²) in [5.41, 5.74) is 6.31. The van der Waals surface area contributed by atoms with Crippen LogP contribution in [0.3, 0.4) is 0 Å². The minimum atomic E-state index is -0.500.